The molecule has 0 bridgehead atoms. The lowest BCUT2D eigenvalue weighted by molar-refractivity contribution is 0.0504. The lowest BCUT2D eigenvalue weighted by Crippen LogP contribution is -2.14. The molecule has 0 saturated carbocycles. The van der Waals surface area contributed by atoms with E-state index in [4.69, 9.17) is 4.74 Å². The molecule has 0 amide bonds. The van der Waals surface area contributed by atoms with Gasteiger partial charge in [-0.1, -0.05) is 122 Å². The minimum absolute atomic E-state index is 0.0484. The molecule has 0 unspecified atom stereocenters. The standard InChI is InChI=1S/C36H30O3S/c1-2-11-28(40-36(38)34-31-18-9-5-14-26(31)23-27-15-6-10-19-32(27)34)20-21-39-35(37)33-29-16-7-3-12-24(29)22-25-13-4-8-17-30(25)33/h3-10,12-19,22-23,28H,2,11,20-21H2,1H3/t28-/m1/s1. The van der Waals surface area contributed by atoms with Crippen LogP contribution in [-0.2, 0) is 4.74 Å². The second-order valence-corrected chi connectivity index (χ2v) is 11.4. The van der Waals surface area contributed by atoms with Crippen molar-refractivity contribution in [3.63, 3.8) is 0 Å². The molecule has 0 spiro atoms. The highest BCUT2D eigenvalue weighted by Gasteiger charge is 2.22. The molecule has 0 radical (unpaired) electrons. The molecule has 1 atom stereocenters. The van der Waals surface area contributed by atoms with Crippen LogP contribution in [0.15, 0.2) is 109 Å². The fraction of sp³-hybridized carbons (Fsp3) is 0.167. The molecular weight excluding hydrogens is 512 g/mol. The first-order valence-electron chi connectivity index (χ1n) is 13.8. The third-order valence-corrected chi connectivity index (χ3v) is 8.73. The first kappa shape index (κ1) is 26.1. The number of hydrogen-bond donors (Lipinski definition) is 0. The molecule has 3 nitrogen and oxygen atoms in total. The normalized spacial score (nSPS) is 12.2. The lowest BCUT2D eigenvalue weighted by Gasteiger charge is -2.17. The van der Waals surface area contributed by atoms with Crippen molar-refractivity contribution in [2.45, 2.75) is 31.4 Å². The Morgan fingerprint density at radius 1 is 0.625 bits per heavy atom. The van der Waals surface area contributed by atoms with Crippen molar-refractivity contribution in [1.82, 2.24) is 0 Å². The molecule has 0 saturated heterocycles. The van der Waals surface area contributed by atoms with Crippen molar-refractivity contribution in [1.29, 1.82) is 0 Å². The lowest BCUT2D eigenvalue weighted by atomic mass is 9.97. The summed E-state index contributed by atoms with van der Waals surface area (Å²) < 4.78 is 5.89. The highest BCUT2D eigenvalue weighted by atomic mass is 32.2. The van der Waals surface area contributed by atoms with Gasteiger partial charge in [0.15, 0.2) is 0 Å². The van der Waals surface area contributed by atoms with Crippen LogP contribution in [0.25, 0.3) is 43.1 Å². The number of esters is 1. The van der Waals surface area contributed by atoms with Gasteiger partial charge < -0.3 is 4.74 Å². The molecule has 0 aliphatic rings. The summed E-state index contributed by atoms with van der Waals surface area (Å²) in [6.07, 6.45) is 2.43. The first-order valence-corrected chi connectivity index (χ1v) is 14.7. The van der Waals surface area contributed by atoms with Crippen LogP contribution in [0.2, 0.25) is 0 Å². The maximum Gasteiger partial charge on any atom is 0.339 e. The van der Waals surface area contributed by atoms with Gasteiger partial charge in [0, 0.05) is 10.8 Å². The molecule has 6 aromatic rings. The van der Waals surface area contributed by atoms with E-state index in [0.717, 1.165) is 61.5 Å². The van der Waals surface area contributed by atoms with Crippen LogP contribution in [0.1, 0.15) is 46.9 Å². The SMILES string of the molecule is CCC[C@H](CCOC(=O)c1c2ccccc2cc2ccccc12)SC(=O)c1c2ccccc2cc2ccccc12. The topological polar surface area (TPSA) is 43.4 Å². The summed E-state index contributed by atoms with van der Waals surface area (Å²) in [7, 11) is 0. The van der Waals surface area contributed by atoms with Gasteiger partial charge in [0.25, 0.3) is 0 Å². The Labute approximate surface area is 238 Å². The van der Waals surface area contributed by atoms with Crippen LogP contribution in [0.4, 0.5) is 0 Å². The summed E-state index contributed by atoms with van der Waals surface area (Å²) in [6.45, 7) is 2.39. The number of fused-ring (bicyclic) bond motifs is 4. The van der Waals surface area contributed by atoms with E-state index in [1.807, 2.05) is 84.9 Å². The quantitative estimate of drug-likeness (QED) is 0.142. The predicted octanol–water partition coefficient (Wildman–Crippen LogP) is 9.59. The Morgan fingerprint density at radius 3 is 1.50 bits per heavy atom. The van der Waals surface area contributed by atoms with E-state index in [1.165, 1.54) is 11.8 Å². The predicted molar refractivity (Wildman–Crippen MR) is 168 cm³/mol. The summed E-state index contributed by atoms with van der Waals surface area (Å²) in [5, 5.41) is 8.01. The number of carbonyl (C=O) groups is 2. The Bertz CT molecular complexity index is 1770. The fourth-order valence-electron chi connectivity index (χ4n) is 5.62. The number of benzene rings is 6. The number of hydrogen-bond acceptors (Lipinski definition) is 4. The second kappa shape index (κ2) is 11.5. The van der Waals surface area contributed by atoms with Gasteiger partial charge in [0.05, 0.1) is 12.2 Å². The zero-order valence-electron chi connectivity index (χ0n) is 22.4. The van der Waals surface area contributed by atoms with Crippen molar-refractivity contribution in [3.05, 3.63) is 120 Å². The van der Waals surface area contributed by atoms with Gasteiger partial charge in [-0.3, -0.25) is 4.79 Å². The highest BCUT2D eigenvalue weighted by molar-refractivity contribution is 8.14. The smallest absolute Gasteiger partial charge is 0.339 e. The van der Waals surface area contributed by atoms with Crippen LogP contribution in [-0.4, -0.2) is 22.9 Å². The summed E-state index contributed by atoms with van der Waals surface area (Å²) in [6, 6.07) is 36.3. The molecule has 198 valence electrons. The number of carbonyl (C=O) groups excluding carboxylic acids is 2. The Morgan fingerprint density at radius 2 is 1.05 bits per heavy atom. The molecule has 0 aliphatic heterocycles. The first-order chi connectivity index (χ1) is 19.6. The van der Waals surface area contributed by atoms with Gasteiger partial charge in [-0.15, -0.1) is 0 Å². The average molecular weight is 543 g/mol. The third kappa shape index (κ3) is 5.07. The number of rotatable bonds is 8. The molecule has 0 N–H and O–H groups in total. The van der Waals surface area contributed by atoms with Crippen LogP contribution < -0.4 is 0 Å². The molecule has 0 heterocycles. The monoisotopic (exact) mass is 542 g/mol. The van der Waals surface area contributed by atoms with E-state index in [0.29, 0.717) is 12.0 Å². The zero-order chi connectivity index (χ0) is 27.5. The number of thioether (sulfide) groups is 1. The highest BCUT2D eigenvalue weighted by Crippen LogP contribution is 2.34. The van der Waals surface area contributed by atoms with Crippen LogP contribution in [0, 0.1) is 0 Å². The van der Waals surface area contributed by atoms with E-state index in [2.05, 4.69) is 31.2 Å². The molecule has 40 heavy (non-hydrogen) atoms. The van der Waals surface area contributed by atoms with E-state index in [-0.39, 0.29) is 22.9 Å². The van der Waals surface area contributed by atoms with Crippen molar-refractivity contribution in [3.8, 4) is 0 Å². The van der Waals surface area contributed by atoms with Gasteiger partial charge in [-0.2, -0.15) is 0 Å². The maximum absolute atomic E-state index is 13.8. The minimum Gasteiger partial charge on any atom is -0.462 e. The Balaban J connectivity index is 1.23. The van der Waals surface area contributed by atoms with Gasteiger partial charge in [-0.05, 0) is 68.1 Å². The fourth-order valence-corrected chi connectivity index (χ4v) is 6.83. The van der Waals surface area contributed by atoms with Gasteiger partial charge in [0.2, 0.25) is 5.12 Å². The summed E-state index contributed by atoms with van der Waals surface area (Å²) >= 11 is 1.37. The van der Waals surface area contributed by atoms with Gasteiger partial charge in [0.1, 0.15) is 0 Å². The summed E-state index contributed by atoms with van der Waals surface area (Å²) in [5.41, 5.74) is 1.37. The van der Waals surface area contributed by atoms with E-state index >= 15 is 0 Å². The van der Waals surface area contributed by atoms with Crippen molar-refractivity contribution < 1.29 is 14.3 Å². The molecule has 4 heteroatoms. The van der Waals surface area contributed by atoms with E-state index in [1.54, 1.807) is 0 Å². The van der Waals surface area contributed by atoms with Crippen molar-refractivity contribution in [2.75, 3.05) is 6.61 Å². The van der Waals surface area contributed by atoms with Crippen LogP contribution in [0.5, 0.6) is 0 Å². The van der Waals surface area contributed by atoms with Crippen LogP contribution >= 0.6 is 11.8 Å². The van der Waals surface area contributed by atoms with Crippen molar-refractivity contribution >= 4 is 65.9 Å². The second-order valence-electron chi connectivity index (χ2n) is 10.1. The molecular formula is C36H30O3S. The van der Waals surface area contributed by atoms with Crippen molar-refractivity contribution in [2.24, 2.45) is 0 Å². The largest absolute Gasteiger partial charge is 0.462 e. The third-order valence-electron chi connectivity index (χ3n) is 7.51. The average Bonchev–Trinajstić information content (AvgIpc) is 2.98. The molecule has 0 fully saturated rings. The minimum atomic E-state index is -0.320. The summed E-state index contributed by atoms with van der Waals surface area (Å²) in [4.78, 5) is 27.3. The molecule has 0 aromatic heterocycles. The van der Waals surface area contributed by atoms with E-state index < -0.39 is 0 Å². The zero-order valence-corrected chi connectivity index (χ0v) is 23.2. The number of ether oxygens (including phenoxy) is 1. The molecule has 6 rings (SSSR count). The maximum atomic E-state index is 13.8. The van der Waals surface area contributed by atoms with Crippen LogP contribution in [0.3, 0.4) is 0 Å². The summed E-state index contributed by atoms with van der Waals surface area (Å²) in [5.74, 6) is -0.320. The van der Waals surface area contributed by atoms with E-state index in [9.17, 15) is 9.59 Å². The molecule has 6 aromatic carbocycles. The van der Waals surface area contributed by atoms with Gasteiger partial charge >= 0.3 is 5.97 Å². The Kier molecular flexibility index (Phi) is 7.52. The molecule has 0 aliphatic carbocycles. The Hall–Kier alpha value is -4.15. The van der Waals surface area contributed by atoms with Gasteiger partial charge in [-0.25, -0.2) is 4.79 Å².